The van der Waals surface area contributed by atoms with E-state index in [1.165, 1.54) is 0 Å². The number of carboxylic acids is 1. The van der Waals surface area contributed by atoms with E-state index in [0.717, 1.165) is 24.9 Å². The van der Waals surface area contributed by atoms with E-state index in [9.17, 15) is 9.90 Å². The number of hydrogen-bond acceptors (Lipinski definition) is 3. The molecule has 0 spiro atoms. The van der Waals surface area contributed by atoms with Gasteiger partial charge in [-0.3, -0.25) is 9.69 Å². The predicted octanol–water partition coefficient (Wildman–Crippen LogP) is 1.96. The maximum atomic E-state index is 11.2. The van der Waals surface area contributed by atoms with Gasteiger partial charge in [0.1, 0.15) is 6.04 Å². The summed E-state index contributed by atoms with van der Waals surface area (Å²) in [5, 5.41) is 9.19. The molecule has 0 aliphatic carbocycles. The maximum absolute atomic E-state index is 11.2. The second-order valence-electron chi connectivity index (χ2n) is 4.59. The van der Waals surface area contributed by atoms with Crippen LogP contribution in [0.1, 0.15) is 25.3 Å². The van der Waals surface area contributed by atoms with E-state index in [1.54, 1.807) is 12.5 Å². The van der Waals surface area contributed by atoms with Gasteiger partial charge in [0.2, 0.25) is 0 Å². The number of likely N-dealkylation sites (tertiary alicyclic amines) is 1. The van der Waals surface area contributed by atoms with Gasteiger partial charge in [-0.1, -0.05) is 6.92 Å². The molecule has 4 heteroatoms. The Labute approximate surface area is 94.9 Å². The Hall–Kier alpha value is -1.29. The SMILES string of the molecule is CC1CCN(Cc2ccoc2)C(C(=O)O)C1. The minimum Gasteiger partial charge on any atom is -0.480 e. The lowest BCUT2D eigenvalue weighted by Gasteiger charge is -2.35. The molecular weight excluding hydrogens is 206 g/mol. The molecule has 1 saturated heterocycles. The molecule has 16 heavy (non-hydrogen) atoms. The van der Waals surface area contributed by atoms with Crippen LogP contribution in [0.5, 0.6) is 0 Å². The summed E-state index contributed by atoms with van der Waals surface area (Å²) in [6, 6.07) is 1.54. The van der Waals surface area contributed by atoms with Crippen molar-refractivity contribution in [3.05, 3.63) is 24.2 Å². The van der Waals surface area contributed by atoms with Gasteiger partial charge in [0.05, 0.1) is 12.5 Å². The average molecular weight is 223 g/mol. The Kier molecular flexibility index (Phi) is 3.29. The number of carbonyl (C=O) groups is 1. The predicted molar refractivity (Wildman–Crippen MR) is 58.9 cm³/mol. The van der Waals surface area contributed by atoms with Crippen molar-refractivity contribution < 1.29 is 14.3 Å². The Morgan fingerprint density at radius 3 is 3.12 bits per heavy atom. The first kappa shape index (κ1) is 11.2. The van der Waals surface area contributed by atoms with Gasteiger partial charge < -0.3 is 9.52 Å². The summed E-state index contributed by atoms with van der Waals surface area (Å²) < 4.78 is 5.00. The van der Waals surface area contributed by atoms with Gasteiger partial charge in [-0.25, -0.2) is 0 Å². The Morgan fingerprint density at radius 1 is 1.69 bits per heavy atom. The topological polar surface area (TPSA) is 53.7 Å². The highest BCUT2D eigenvalue weighted by Gasteiger charge is 2.31. The van der Waals surface area contributed by atoms with Crippen LogP contribution in [-0.2, 0) is 11.3 Å². The van der Waals surface area contributed by atoms with E-state index in [1.807, 2.05) is 11.0 Å². The lowest BCUT2D eigenvalue weighted by atomic mass is 9.92. The van der Waals surface area contributed by atoms with Crippen LogP contribution in [0.15, 0.2) is 23.0 Å². The first-order valence-electron chi connectivity index (χ1n) is 5.64. The fourth-order valence-electron chi connectivity index (χ4n) is 2.25. The molecule has 1 N–H and O–H groups in total. The zero-order valence-electron chi connectivity index (χ0n) is 9.43. The first-order valence-corrected chi connectivity index (χ1v) is 5.64. The van der Waals surface area contributed by atoms with Crippen molar-refractivity contribution in [3.63, 3.8) is 0 Å². The fourth-order valence-corrected chi connectivity index (χ4v) is 2.25. The molecule has 2 rings (SSSR count). The molecule has 88 valence electrons. The molecule has 1 aliphatic rings. The summed E-state index contributed by atoms with van der Waals surface area (Å²) in [6.07, 6.45) is 5.11. The molecule has 1 aromatic rings. The van der Waals surface area contributed by atoms with Crippen LogP contribution in [0.3, 0.4) is 0 Å². The Morgan fingerprint density at radius 2 is 2.50 bits per heavy atom. The highest BCUT2D eigenvalue weighted by Crippen LogP contribution is 2.24. The number of rotatable bonds is 3. The molecule has 2 atom stereocenters. The third-order valence-electron chi connectivity index (χ3n) is 3.23. The average Bonchev–Trinajstić information content (AvgIpc) is 2.73. The van der Waals surface area contributed by atoms with Gasteiger partial charge in [0.25, 0.3) is 0 Å². The monoisotopic (exact) mass is 223 g/mol. The Bertz CT molecular complexity index is 347. The highest BCUT2D eigenvalue weighted by atomic mass is 16.4. The van der Waals surface area contributed by atoms with E-state index in [2.05, 4.69) is 6.92 Å². The second-order valence-corrected chi connectivity index (χ2v) is 4.59. The van der Waals surface area contributed by atoms with Gasteiger partial charge in [-0.2, -0.15) is 0 Å². The maximum Gasteiger partial charge on any atom is 0.320 e. The summed E-state index contributed by atoms with van der Waals surface area (Å²) in [4.78, 5) is 13.2. The largest absolute Gasteiger partial charge is 0.480 e. The third-order valence-corrected chi connectivity index (χ3v) is 3.23. The molecule has 0 aromatic carbocycles. The van der Waals surface area contributed by atoms with Crippen LogP contribution in [0.2, 0.25) is 0 Å². The summed E-state index contributed by atoms with van der Waals surface area (Å²) in [5.74, 6) is -0.211. The van der Waals surface area contributed by atoms with E-state index in [-0.39, 0.29) is 6.04 Å². The molecule has 1 aliphatic heterocycles. The fraction of sp³-hybridized carbons (Fsp3) is 0.583. The number of nitrogens with zero attached hydrogens (tertiary/aromatic N) is 1. The summed E-state index contributed by atoms with van der Waals surface area (Å²) in [5.41, 5.74) is 1.04. The van der Waals surface area contributed by atoms with Crippen molar-refractivity contribution in [2.45, 2.75) is 32.4 Å². The Balaban J connectivity index is 2.04. The van der Waals surface area contributed by atoms with Crippen molar-refractivity contribution in [1.82, 2.24) is 4.90 Å². The number of hydrogen-bond donors (Lipinski definition) is 1. The molecule has 1 aromatic heterocycles. The van der Waals surface area contributed by atoms with Crippen molar-refractivity contribution >= 4 is 5.97 Å². The van der Waals surface area contributed by atoms with Crippen molar-refractivity contribution in [2.75, 3.05) is 6.54 Å². The minimum absolute atomic E-state index is 0.348. The first-order chi connectivity index (χ1) is 7.66. The number of piperidine rings is 1. The lowest BCUT2D eigenvalue weighted by molar-refractivity contribution is -0.145. The summed E-state index contributed by atoms with van der Waals surface area (Å²) in [7, 11) is 0. The molecule has 4 nitrogen and oxygen atoms in total. The number of carboxylic acid groups (broad SMARTS) is 1. The van der Waals surface area contributed by atoms with Crippen molar-refractivity contribution in [3.8, 4) is 0 Å². The second kappa shape index (κ2) is 4.70. The molecular formula is C12H17NO3. The zero-order chi connectivity index (χ0) is 11.5. The van der Waals surface area contributed by atoms with E-state index >= 15 is 0 Å². The molecule has 0 amide bonds. The highest BCUT2D eigenvalue weighted by molar-refractivity contribution is 5.73. The third kappa shape index (κ3) is 2.44. The quantitative estimate of drug-likeness (QED) is 0.851. The van der Waals surface area contributed by atoms with Gasteiger partial charge in [-0.05, 0) is 31.4 Å². The van der Waals surface area contributed by atoms with Crippen LogP contribution in [0.25, 0.3) is 0 Å². The smallest absolute Gasteiger partial charge is 0.320 e. The van der Waals surface area contributed by atoms with Crippen molar-refractivity contribution in [2.24, 2.45) is 5.92 Å². The standard InChI is InChI=1S/C12H17NO3/c1-9-2-4-13(11(6-9)12(14)15)7-10-3-5-16-8-10/h3,5,8-9,11H,2,4,6-7H2,1H3,(H,14,15). The van der Waals surface area contributed by atoms with Crippen LogP contribution in [0, 0.1) is 5.92 Å². The summed E-state index contributed by atoms with van der Waals surface area (Å²) in [6.45, 7) is 3.63. The van der Waals surface area contributed by atoms with Crippen molar-refractivity contribution in [1.29, 1.82) is 0 Å². The van der Waals surface area contributed by atoms with Crippen LogP contribution >= 0.6 is 0 Å². The van der Waals surface area contributed by atoms with E-state index in [0.29, 0.717) is 12.5 Å². The van der Waals surface area contributed by atoms with Crippen LogP contribution < -0.4 is 0 Å². The van der Waals surface area contributed by atoms with Crippen LogP contribution in [-0.4, -0.2) is 28.6 Å². The summed E-state index contributed by atoms with van der Waals surface area (Å²) >= 11 is 0. The minimum atomic E-state index is -0.713. The zero-order valence-corrected chi connectivity index (χ0v) is 9.43. The molecule has 0 saturated carbocycles. The van der Waals surface area contributed by atoms with Crippen LogP contribution in [0.4, 0.5) is 0 Å². The molecule has 0 radical (unpaired) electrons. The van der Waals surface area contributed by atoms with Gasteiger partial charge in [0, 0.05) is 12.1 Å². The van der Waals surface area contributed by atoms with Gasteiger partial charge in [-0.15, -0.1) is 0 Å². The lowest BCUT2D eigenvalue weighted by Crippen LogP contribution is -2.46. The normalized spacial score (nSPS) is 26.8. The molecule has 1 fully saturated rings. The van der Waals surface area contributed by atoms with Gasteiger partial charge in [0.15, 0.2) is 0 Å². The van der Waals surface area contributed by atoms with E-state index < -0.39 is 5.97 Å². The van der Waals surface area contributed by atoms with E-state index in [4.69, 9.17) is 4.42 Å². The van der Waals surface area contributed by atoms with Gasteiger partial charge >= 0.3 is 5.97 Å². The molecule has 2 unspecified atom stereocenters. The molecule has 0 bridgehead atoms. The molecule has 2 heterocycles. The number of aliphatic carboxylic acids is 1. The number of furan rings is 1.